The van der Waals surface area contributed by atoms with Gasteiger partial charge in [0.1, 0.15) is 19.3 Å². The van der Waals surface area contributed by atoms with Crippen LogP contribution in [0.3, 0.4) is 0 Å². The molecule has 0 radical (unpaired) electrons. The molecule has 1 unspecified atom stereocenters. The Balaban J connectivity index is 2.03. The molecule has 164 valence electrons. The molecule has 1 aromatic rings. The van der Waals surface area contributed by atoms with Crippen LogP contribution in [-0.2, 0) is 25.7 Å². The van der Waals surface area contributed by atoms with Crippen molar-refractivity contribution in [2.45, 2.75) is 44.4 Å². The minimum Gasteiger partial charge on any atom is -0.445 e. The number of primary amides is 1. The molecule has 3 N–H and O–H groups in total. The number of nitrogens with two attached hydrogens (primary N) is 1. The van der Waals surface area contributed by atoms with Gasteiger partial charge in [0.2, 0.25) is 11.8 Å². The number of nitrogens with one attached hydrogen (secondary N) is 1. The fourth-order valence-electron chi connectivity index (χ4n) is 3.09. The van der Waals surface area contributed by atoms with Crippen molar-refractivity contribution in [2.75, 3.05) is 13.2 Å². The molecule has 2 rings (SSSR count). The number of benzene rings is 1. The normalized spacial score (nSPS) is 17.2. The van der Waals surface area contributed by atoms with E-state index in [4.69, 9.17) is 33.7 Å². The second-order valence-corrected chi connectivity index (χ2v) is 7.65. The van der Waals surface area contributed by atoms with Crippen LogP contribution in [0.2, 0.25) is 10.0 Å². The number of nitrogens with zero attached hydrogens (tertiary/aromatic N) is 1. The van der Waals surface area contributed by atoms with Gasteiger partial charge in [-0.15, -0.1) is 0 Å². The van der Waals surface area contributed by atoms with Crippen molar-refractivity contribution in [1.82, 2.24) is 10.2 Å². The molecule has 1 fully saturated rings. The van der Waals surface area contributed by atoms with Gasteiger partial charge >= 0.3 is 6.09 Å². The van der Waals surface area contributed by atoms with Crippen molar-refractivity contribution >= 4 is 46.9 Å². The molecular weight excluding hydrogens is 440 g/mol. The third-order valence-corrected chi connectivity index (χ3v) is 5.37. The second-order valence-electron chi connectivity index (χ2n) is 6.84. The van der Waals surface area contributed by atoms with Gasteiger partial charge in [-0.2, -0.15) is 0 Å². The van der Waals surface area contributed by atoms with Gasteiger partial charge in [-0.1, -0.05) is 29.3 Å². The average Bonchev–Trinajstić information content (AvgIpc) is 2.72. The Morgan fingerprint density at radius 2 is 1.97 bits per heavy atom. The van der Waals surface area contributed by atoms with Crippen LogP contribution in [0.25, 0.3) is 0 Å². The molecule has 30 heavy (non-hydrogen) atoms. The Hall–Kier alpha value is -2.39. The summed E-state index contributed by atoms with van der Waals surface area (Å²) >= 11 is 11.8. The number of ketones is 1. The molecule has 0 aromatic heterocycles. The van der Waals surface area contributed by atoms with E-state index in [2.05, 4.69) is 5.32 Å². The smallest absolute Gasteiger partial charge is 0.410 e. The predicted molar refractivity (Wildman–Crippen MR) is 108 cm³/mol. The maximum atomic E-state index is 12.7. The molecule has 1 saturated heterocycles. The van der Waals surface area contributed by atoms with Crippen molar-refractivity contribution < 1.29 is 28.3 Å². The monoisotopic (exact) mass is 461 g/mol. The summed E-state index contributed by atoms with van der Waals surface area (Å²) in [5.74, 6) is -2.50. The molecule has 1 heterocycles. The molecule has 8 nitrogen and oxygen atoms in total. The first kappa shape index (κ1) is 23.9. The van der Waals surface area contributed by atoms with E-state index in [9.17, 15) is 23.6 Å². The molecule has 0 saturated carbocycles. The molecule has 11 heteroatoms. The average molecular weight is 462 g/mol. The Kier molecular flexibility index (Phi) is 8.86. The first-order valence-electron chi connectivity index (χ1n) is 9.27. The van der Waals surface area contributed by atoms with Crippen LogP contribution in [0.4, 0.5) is 9.18 Å². The molecule has 1 aromatic carbocycles. The van der Waals surface area contributed by atoms with Crippen LogP contribution in [0.5, 0.6) is 0 Å². The van der Waals surface area contributed by atoms with Gasteiger partial charge in [0.25, 0.3) is 0 Å². The summed E-state index contributed by atoms with van der Waals surface area (Å²) in [5, 5.41) is 3.02. The van der Waals surface area contributed by atoms with E-state index in [-0.39, 0.29) is 13.2 Å². The van der Waals surface area contributed by atoms with Gasteiger partial charge < -0.3 is 15.8 Å². The van der Waals surface area contributed by atoms with Crippen molar-refractivity contribution in [3.05, 3.63) is 33.8 Å². The van der Waals surface area contributed by atoms with Crippen molar-refractivity contribution in [3.63, 3.8) is 0 Å². The van der Waals surface area contributed by atoms with Gasteiger partial charge in [0.05, 0.1) is 22.5 Å². The van der Waals surface area contributed by atoms with Crippen molar-refractivity contribution in [3.8, 4) is 0 Å². The van der Waals surface area contributed by atoms with E-state index in [1.54, 1.807) is 18.2 Å². The third-order valence-electron chi connectivity index (χ3n) is 4.63. The molecule has 2 atom stereocenters. The SMILES string of the molecule is NC(=O)CC(NC(=O)[C@@H]1CCCCN1C(=O)OCc1ccc(Cl)c(Cl)c1)C(=O)CF. The van der Waals surface area contributed by atoms with E-state index in [1.165, 1.54) is 4.90 Å². The van der Waals surface area contributed by atoms with E-state index >= 15 is 0 Å². The highest BCUT2D eigenvalue weighted by molar-refractivity contribution is 6.42. The first-order chi connectivity index (χ1) is 14.2. The molecule has 0 spiro atoms. The maximum Gasteiger partial charge on any atom is 0.410 e. The summed E-state index contributed by atoms with van der Waals surface area (Å²) in [6.07, 6.45) is 0.430. The highest BCUT2D eigenvalue weighted by atomic mass is 35.5. The van der Waals surface area contributed by atoms with Crippen LogP contribution in [0.1, 0.15) is 31.2 Å². The van der Waals surface area contributed by atoms with Crippen LogP contribution >= 0.6 is 23.2 Å². The zero-order chi connectivity index (χ0) is 22.3. The molecule has 1 aliphatic heterocycles. The largest absolute Gasteiger partial charge is 0.445 e. The zero-order valence-electron chi connectivity index (χ0n) is 16.0. The van der Waals surface area contributed by atoms with E-state index in [0.29, 0.717) is 34.9 Å². The third kappa shape index (κ3) is 6.56. The van der Waals surface area contributed by atoms with Gasteiger partial charge in [-0.05, 0) is 37.0 Å². The highest BCUT2D eigenvalue weighted by Crippen LogP contribution is 2.24. The first-order valence-corrected chi connectivity index (χ1v) is 10.0. The molecular formula is C19H22Cl2FN3O5. The summed E-state index contributed by atoms with van der Waals surface area (Å²) in [5.41, 5.74) is 5.68. The van der Waals surface area contributed by atoms with E-state index < -0.39 is 48.9 Å². The van der Waals surface area contributed by atoms with Crippen LogP contribution < -0.4 is 11.1 Å². The summed E-state index contributed by atoms with van der Waals surface area (Å²) in [6, 6.07) is 2.50. The number of piperidine rings is 1. The van der Waals surface area contributed by atoms with Gasteiger partial charge in [0, 0.05) is 6.54 Å². The van der Waals surface area contributed by atoms with E-state index in [1.807, 2.05) is 0 Å². The van der Waals surface area contributed by atoms with E-state index in [0.717, 1.165) is 0 Å². The standard InChI is InChI=1S/C19H22Cl2FN3O5/c20-12-5-4-11(7-13(12)21)10-30-19(29)25-6-2-1-3-15(25)18(28)24-14(8-17(23)27)16(26)9-22/h4-5,7,14-15H,1-3,6,8-10H2,(H2,23,27)(H,24,28)/t14?,15-/m0/s1. The van der Waals surface area contributed by atoms with Crippen LogP contribution in [0, 0.1) is 0 Å². The summed E-state index contributed by atoms with van der Waals surface area (Å²) in [6.45, 7) is -1.15. The van der Waals surface area contributed by atoms with Gasteiger partial charge in [0.15, 0.2) is 5.78 Å². The minimum atomic E-state index is -1.38. The number of carbonyl (C=O) groups excluding carboxylic acids is 4. The van der Waals surface area contributed by atoms with Crippen LogP contribution in [-0.4, -0.2) is 53.9 Å². The number of hydrogen-bond donors (Lipinski definition) is 2. The predicted octanol–water partition coefficient (Wildman–Crippen LogP) is 2.38. The van der Waals surface area contributed by atoms with Crippen molar-refractivity contribution in [1.29, 1.82) is 0 Å². The Morgan fingerprint density at radius 1 is 1.23 bits per heavy atom. The number of ether oxygens (including phenoxy) is 1. The zero-order valence-corrected chi connectivity index (χ0v) is 17.5. The summed E-state index contributed by atoms with van der Waals surface area (Å²) < 4.78 is 18.0. The quantitative estimate of drug-likeness (QED) is 0.615. The van der Waals surface area contributed by atoms with Crippen LogP contribution in [0.15, 0.2) is 18.2 Å². The topological polar surface area (TPSA) is 119 Å². The molecule has 3 amide bonds. The number of Topliss-reactive ketones (excluding diaryl/α,β-unsaturated/α-hetero) is 1. The number of alkyl halides is 1. The fraction of sp³-hybridized carbons (Fsp3) is 0.474. The number of halogens is 3. The maximum absolute atomic E-state index is 12.7. The number of rotatable bonds is 8. The highest BCUT2D eigenvalue weighted by Gasteiger charge is 2.35. The lowest BCUT2D eigenvalue weighted by molar-refractivity contribution is -0.133. The number of amides is 3. The Bertz CT molecular complexity index is 823. The number of hydrogen-bond acceptors (Lipinski definition) is 5. The number of likely N-dealkylation sites (tertiary alicyclic amines) is 1. The lowest BCUT2D eigenvalue weighted by atomic mass is 10.0. The molecule has 0 bridgehead atoms. The summed E-state index contributed by atoms with van der Waals surface area (Å²) in [7, 11) is 0. The fourth-order valence-corrected chi connectivity index (χ4v) is 3.41. The lowest BCUT2D eigenvalue weighted by Crippen LogP contribution is -2.55. The van der Waals surface area contributed by atoms with Gasteiger partial charge in [-0.3, -0.25) is 19.3 Å². The Morgan fingerprint density at radius 3 is 2.60 bits per heavy atom. The Labute approximate surface area is 182 Å². The minimum absolute atomic E-state index is 0.0782. The molecule has 1 aliphatic rings. The number of carbonyl (C=O) groups is 4. The lowest BCUT2D eigenvalue weighted by Gasteiger charge is -2.34. The molecule has 0 aliphatic carbocycles. The second kappa shape index (κ2) is 11.1. The van der Waals surface area contributed by atoms with Crippen molar-refractivity contribution in [2.24, 2.45) is 5.73 Å². The van der Waals surface area contributed by atoms with Gasteiger partial charge in [-0.25, -0.2) is 9.18 Å². The summed E-state index contributed by atoms with van der Waals surface area (Å²) in [4.78, 5) is 49.3.